The molecule has 0 atom stereocenters. The van der Waals surface area contributed by atoms with Gasteiger partial charge in [-0.15, -0.1) is 0 Å². The topological polar surface area (TPSA) is 54.8 Å². The summed E-state index contributed by atoms with van der Waals surface area (Å²) in [6.45, 7) is 9.91. The molecule has 4 aromatic rings. The molecule has 0 unspecified atom stereocenters. The van der Waals surface area contributed by atoms with E-state index in [1.54, 1.807) is 11.5 Å². The monoisotopic (exact) mass is 419 g/mol. The van der Waals surface area contributed by atoms with Crippen LogP contribution in [0.25, 0.3) is 10.1 Å². The Morgan fingerprint density at radius 3 is 2.57 bits per heavy atom. The van der Waals surface area contributed by atoms with E-state index in [4.69, 9.17) is 0 Å². The number of fused-ring (bicyclic) bond motifs is 1. The summed E-state index contributed by atoms with van der Waals surface area (Å²) in [7, 11) is 0. The lowest BCUT2D eigenvalue weighted by Gasteiger charge is -2.08. The lowest BCUT2D eigenvalue weighted by Crippen LogP contribution is -2.17. The van der Waals surface area contributed by atoms with Crippen molar-refractivity contribution in [2.24, 2.45) is 0 Å². The molecule has 0 aliphatic rings. The highest BCUT2D eigenvalue weighted by atomic mass is 32.1. The Bertz CT molecular complexity index is 1110. The predicted molar refractivity (Wildman–Crippen MR) is 126 cm³/mol. The zero-order chi connectivity index (χ0) is 20.9. The SMILES string of the molecule is CCn1nc(C)c(CCNCc2ccc(NCc3nsc4ccccc34)cc2)c1C. The van der Waals surface area contributed by atoms with Crippen LogP contribution in [0.4, 0.5) is 5.69 Å². The van der Waals surface area contributed by atoms with Crippen LogP contribution in [0.3, 0.4) is 0 Å². The van der Waals surface area contributed by atoms with Crippen LogP contribution in [0.2, 0.25) is 0 Å². The summed E-state index contributed by atoms with van der Waals surface area (Å²) < 4.78 is 7.91. The number of benzene rings is 2. The average molecular weight is 420 g/mol. The maximum absolute atomic E-state index is 4.61. The van der Waals surface area contributed by atoms with Crippen LogP contribution in [0, 0.1) is 13.8 Å². The van der Waals surface area contributed by atoms with Crippen LogP contribution < -0.4 is 10.6 Å². The number of hydrogen-bond acceptors (Lipinski definition) is 5. The van der Waals surface area contributed by atoms with Crippen molar-refractivity contribution in [2.75, 3.05) is 11.9 Å². The second kappa shape index (κ2) is 9.41. The Morgan fingerprint density at radius 1 is 1.00 bits per heavy atom. The van der Waals surface area contributed by atoms with Crippen molar-refractivity contribution < 1.29 is 0 Å². The Kier molecular flexibility index (Phi) is 6.45. The first-order chi connectivity index (χ1) is 14.7. The van der Waals surface area contributed by atoms with E-state index in [1.165, 1.54) is 26.9 Å². The summed E-state index contributed by atoms with van der Waals surface area (Å²) in [4.78, 5) is 0. The number of aromatic nitrogens is 3. The third kappa shape index (κ3) is 4.55. The van der Waals surface area contributed by atoms with E-state index in [0.717, 1.165) is 49.7 Å². The molecule has 0 amide bonds. The Balaban J connectivity index is 1.25. The minimum Gasteiger partial charge on any atom is -0.379 e. The van der Waals surface area contributed by atoms with Gasteiger partial charge in [0.2, 0.25) is 0 Å². The van der Waals surface area contributed by atoms with Crippen LogP contribution in [0.5, 0.6) is 0 Å². The van der Waals surface area contributed by atoms with Gasteiger partial charge in [-0.1, -0.05) is 30.3 Å². The highest BCUT2D eigenvalue weighted by Crippen LogP contribution is 2.23. The third-order valence-electron chi connectivity index (χ3n) is 5.58. The van der Waals surface area contributed by atoms with Crippen LogP contribution in [0.15, 0.2) is 48.5 Å². The highest BCUT2D eigenvalue weighted by molar-refractivity contribution is 7.13. The molecule has 0 radical (unpaired) electrons. The summed E-state index contributed by atoms with van der Waals surface area (Å²) in [5.74, 6) is 0. The lowest BCUT2D eigenvalue weighted by atomic mass is 10.1. The standard InChI is InChI=1S/C24H29N5S/c1-4-29-18(3)21(17(2)27-29)13-14-25-15-19-9-11-20(12-10-19)26-16-23-22-7-5-6-8-24(22)30-28-23/h5-12,25-26H,4,13-16H2,1-3H3. The Labute approximate surface area is 182 Å². The zero-order valence-electron chi connectivity index (χ0n) is 17.9. The van der Waals surface area contributed by atoms with Gasteiger partial charge in [0.05, 0.1) is 22.6 Å². The molecule has 0 bridgehead atoms. The predicted octanol–water partition coefficient (Wildman–Crippen LogP) is 5.07. The van der Waals surface area contributed by atoms with Gasteiger partial charge >= 0.3 is 0 Å². The van der Waals surface area contributed by atoms with Gasteiger partial charge in [0.25, 0.3) is 0 Å². The number of rotatable bonds is 9. The first-order valence-corrected chi connectivity index (χ1v) is 11.3. The van der Waals surface area contributed by atoms with E-state index < -0.39 is 0 Å². The summed E-state index contributed by atoms with van der Waals surface area (Å²) in [5.41, 5.74) is 7.34. The summed E-state index contributed by atoms with van der Waals surface area (Å²) in [6, 6.07) is 17.0. The van der Waals surface area contributed by atoms with Crippen molar-refractivity contribution in [1.29, 1.82) is 0 Å². The van der Waals surface area contributed by atoms with Crippen molar-refractivity contribution >= 4 is 27.3 Å². The fourth-order valence-corrected chi connectivity index (χ4v) is 4.64. The molecule has 0 saturated carbocycles. The molecule has 5 nitrogen and oxygen atoms in total. The molecule has 156 valence electrons. The molecule has 0 fully saturated rings. The van der Waals surface area contributed by atoms with Gasteiger partial charge in [0.15, 0.2) is 0 Å². The fraction of sp³-hybridized carbons (Fsp3) is 0.333. The van der Waals surface area contributed by atoms with Crippen molar-refractivity contribution in [3.8, 4) is 0 Å². The van der Waals surface area contributed by atoms with Crippen LogP contribution >= 0.6 is 11.5 Å². The third-order valence-corrected chi connectivity index (χ3v) is 6.44. The Morgan fingerprint density at radius 2 is 1.80 bits per heavy atom. The van der Waals surface area contributed by atoms with E-state index in [9.17, 15) is 0 Å². The van der Waals surface area contributed by atoms with Crippen molar-refractivity contribution in [2.45, 2.75) is 46.8 Å². The molecule has 0 saturated heterocycles. The van der Waals surface area contributed by atoms with E-state index in [2.05, 4.69) is 94.1 Å². The second-order valence-electron chi connectivity index (χ2n) is 7.57. The number of anilines is 1. The van der Waals surface area contributed by atoms with Crippen molar-refractivity contribution in [3.63, 3.8) is 0 Å². The molecule has 0 aliphatic heterocycles. The van der Waals surface area contributed by atoms with Gasteiger partial charge in [-0.3, -0.25) is 4.68 Å². The smallest absolute Gasteiger partial charge is 0.0811 e. The van der Waals surface area contributed by atoms with Crippen LogP contribution in [-0.2, 0) is 26.1 Å². The van der Waals surface area contributed by atoms with E-state index in [0.29, 0.717) is 0 Å². The fourth-order valence-electron chi connectivity index (χ4n) is 3.84. The summed E-state index contributed by atoms with van der Waals surface area (Å²) >= 11 is 1.56. The lowest BCUT2D eigenvalue weighted by molar-refractivity contribution is 0.632. The molecular weight excluding hydrogens is 390 g/mol. The van der Waals surface area contributed by atoms with E-state index >= 15 is 0 Å². The molecule has 0 aliphatic carbocycles. The Hall–Kier alpha value is -2.70. The number of nitrogens with zero attached hydrogens (tertiary/aromatic N) is 3. The normalized spacial score (nSPS) is 11.3. The molecule has 2 N–H and O–H groups in total. The van der Waals surface area contributed by atoms with Crippen molar-refractivity contribution in [3.05, 3.63) is 76.7 Å². The van der Waals surface area contributed by atoms with Gasteiger partial charge in [-0.25, -0.2) is 0 Å². The van der Waals surface area contributed by atoms with Gasteiger partial charge in [0.1, 0.15) is 0 Å². The maximum Gasteiger partial charge on any atom is 0.0811 e. The number of nitrogens with one attached hydrogen (secondary N) is 2. The van der Waals surface area contributed by atoms with Gasteiger partial charge in [-0.05, 0) is 74.6 Å². The zero-order valence-corrected chi connectivity index (χ0v) is 18.7. The molecule has 30 heavy (non-hydrogen) atoms. The van der Waals surface area contributed by atoms with Crippen LogP contribution in [0.1, 0.15) is 35.1 Å². The largest absolute Gasteiger partial charge is 0.379 e. The summed E-state index contributed by atoms with van der Waals surface area (Å²) in [5, 5.41) is 12.9. The minimum atomic E-state index is 0.742. The van der Waals surface area contributed by atoms with Crippen LogP contribution in [-0.4, -0.2) is 20.7 Å². The first kappa shape index (κ1) is 20.6. The quantitative estimate of drug-likeness (QED) is 0.372. The second-order valence-corrected chi connectivity index (χ2v) is 8.37. The van der Waals surface area contributed by atoms with Gasteiger partial charge < -0.3 is 10.6 Å². The van der Waals surface area contributed by atoms with E-state index in [1.807, 2.05) is 0 Å². The number of hydrogen-bond donors (Lipinski definition) is 2. The summed E-state index contributed by atoms with van der Waals surface area (Å²) in [6.07, 6.45) is 1.01. The molecule has 2 aromatic heterocycles. The molecule has 2 heterocycles. The highest BCUT2D eigenvalue weighted by Gasteiger charge is 2.10. The minimum absolute atomic E-state index is 0.742. The van der Waals surface area contributed by atoms with Gasteiger partial charge in [0, 0.05) is 29.9 Å². The van der Waals surface area contributed by atoms with Gasteiger partial charge in [-0.2, -0.15) is 9.47 Å². The first-order valence-electron chi connectivity index (χ1n) is 10.6. The molecule has 4 rings (SSSR count). The maximum atomic E-state index is 4.61. The van der Waals surface area contributed by atoms with E-state index in [-0.39, 0.29) is 0 Å². The molecule has 2 aromatic carbocycles. The average Bonchev–Trinajstić information content (AvgIpc) is 3.31. The molecule has 6 heteroatoms. The molecular formula is C24H29N5S. The van der Waals surface area contributed by atoms with Crippen molar-refractivity contribution in [1.82, 2.24) is 19.5 Å². The number of aryl methyl sites for hydroxylation is 2. The molecule has 0 spiro atoms.